The molecule has 31 heavy (non-hydrogen) atoms. The van der Waals surface area contributed by atoms with Gasteiger partial charge in [-0.1, -0.05) is 35.3 Å². The molecule has 6 nitrogen and oxygen atoms in total. The molecule has 1 N–H and O–H groups in total. The zero-order valence-corrected chi connectivity index (χ0v) is 19.7. The number of ether oxygens (including phenoxy) is 2. The van der Waals surface area contributed by atoms with Gasteiger partial charge in [-0.15, -0.1) is 0 Å². The summed E-state index contributed by atoms with van der Waals surface area (Å²) in [6.07, 6.45) is 1.46. The topological polar surface area (TPSA) is 77.0 Å². The Morgan fingerprint density at radius 3 is 2.48 bits per heavy atom. The zero-order valence-electron chi connectivity index (χ0n) is 16.1. The molecule has 0 fully saturated rings. The summed E-state index contributed by atoms with van der Waals surface area (Å²) in [7, 11) is 1.45. The van der Waals surface area contributed by atoms with E-state index >= 15 is 0 Å². The lowest BCUT2D eigenvalue weighted by atomic mass is 10.2. The fraction of sp³-hybridized carbons (Fsp3) is 0.0455. The molecule has 9 heteroatoms. The van der Waals surface area contributed by atoms with Gasteiger partial charge < -0.3 is 9.47 Å². The van der Waals surface area contributed by atoms with E-state index in [-0.39, 0.29) is 22.2 Å². The Balaban J connectivity index is 1.71. The highest BCUT2D eigenvalue weighted by atomic mass is 127. The van der Waals surface area contributed by atoms with Gasteiger partial charge in [0.15, 0.2) is 11.5 Å². The molecule has 158 valence electrons. The van der Waals surface area contributed by atoms with E-state index in [1.165, 1.54) is 25.5 Å². The van der Waals surface area contributed by atoms with Gasteiger partial charge in [-0.3, -0.25) is 4.79 Å². The van der Waals surface area contributed by atoms with Crippen LogP contribution in [0.3, 0.4) is 0 Å². The highest BCUT2D eigenvalue weighted by Gasteiger charge is 2.16. The van der Waals surface area contributed by atoms with Crippen molar-refractivity contribution in [3.63, 3.8) is 0 Å². The standard InChI is InChI=1S/C22H15Cl2IN2O4/c1-30-20-10-13(12-26-27-21(28)16-4-2-3-5-18(16)25)6-9-19(20)31-22(29)15-8-7-14(23)11-17(15)24/h2-12H,1H3,(H,27,28). The molecule has 0 radical (unpaired) electrons. The predicted molar refractivity (Wildman–Crippen MR) is 129 cm³/mol. The first-order chi connectivity index (χ1) is 14.9. The Morgan fingerprint density at radius 2 is 1.77 bits per heavy atom. The second-order valence-electron chi connectivity index (χ2n) is 6.10. The number of hydrogen-bond donors (Lipinski definition) is 1. The van der Waals surface area contributed by atoms with Gasteiger partial charge in [0.2, 0.25) is 0 Å². The van der Waals surface area contributed by atoms with Crippen LogP contribution in [-0.4, -0.2) is 25.2 Å². The summed E-state index contributed by atoms with van der Waals surface area (Å²) in [5, 5.41) is 4.57. The van der Waals surface area contributed by atoms with Crippen molar-refractivity contribution >= 4 is 63.9 Å². The molecular formula is C22H15Cl2IN2O4. The molecule has 0 aliphatic rings. The fourth-order valence-electron chi connectivity index (χ4n) is 2.53. The minimum atomic E-state index is -0.647. The Bertz CT molecular complexity index is 1170. The zero-order chi connectivity index (χ0) is 22.4. The number of benzene rings is 3. The third-order valence-electron chi connectivity index (χ3n) is 4.04. The fourth-order valence-corrected chi connectivity index (χ4v) is 3.65. The van der Waals surface area contributed by atoms with Crippen molar-refractivity contribution in [2.75, 3.05) is 7.11 Å². The van der Waals surface area contributed by atoms with Crippen LogP contribution in [0.15, 0.2) is 65.8 Å². The lowest BCUT2D eigenvalue weighted by Gasteiger charge is -2.10. The van der Waals surface area contributed by atoms with E-state index in [9.17, 15) is 9.59 Å². The summed E-state index contributed by atoms with van der Waals surface area (Å²) < 4.78 is 11.5. The van der Waals surface area contributed by atoms with E-state index in [0.717, 1.165) is 3.57 Å². The van der Waals surface area contributed by atoms with Crippen molar-refractivity contribution in [3.8, 4) is 11.5 Å². The molecule has 0 saturated heterocycles. The average Bonchev–Trinajstić information content (AvgIpc) is 2.74. The van der Waals surface area contributed by atoms with Crippen LogP contribution in [0, 0.1) is 3.57 Å². The van der Waals surface area contributed by atoms with Crippen molar-refractivity contribution in [3.05, 3.63) is 91.0 Å². The molecule has 0 aliphatic heterocycles. The van der Waals surface area contributed by atoms with Crippen LogP contribution in [0.2, 0.25) is 10.0 Å². The Kier molecular flexibility index (Phi) is 7.89. The number of esters is 1. The maximum atomic E-state index is 12.4. The van der Waals surface area contributed by atoms with Crippen molar-refractivity contribution in [2.24, 2.45) is 5.10 Å². The van der Waals surface area contributed by atoms with Gasteiger partial charge >= 0.3 is 5.97 Å². The highest BCUT2D eigenvalue weighted by Crippen LogP contribution is 2.30. The number of hydrazone groups is 1. The molecule has 0 aliphatic carbocycles. The SMILES string of the molecule is COc1cc(C=NNC(=O)c2ccccc2I)ccc1OC(=O)c1ccc(Cl)cc1Cl. The van der Waals surface area contributed by atoms with Crippen LogP contribution in [0.4, 0.5) is 0 Å². The third-order valence-corrected chi connectivity index (χ3v) is 5.53. The number of rotatable bonds is 6. The summed E-state index contributed by atoms with van der Waals surface area (Å²) >= 11 is 14.0. The van der Waals surface area contributed by atoms with Crippen molar-refractivity contribution in [1.29, 1.82) is 0 Å². The third kappa shape index (κ3) is 5.96. The average molecular weight is 569 g/mol. The van der Waals surface area contributed by atoms with Gasteiger partial charge in [-0.2, -0.15) is 5.10 Å². The van der Waals surface area contributed by atoms with Crippen LogP contribution in [0.5, 0.6) is 11.5 Å². The first-order valence-electron chi connectivity index (χ1n) is 8.82. The molecule has 0 unspecified atom stereocenters. The van der Waals surface area contributed by atoms with Crippen LogP contribution < -0.4 is 14.9 Å². The molecule has 0 saturated carbocycles. The number of carbonyl (C=O) groups excluding carboxylic acids is 2. The summed E-state index contributed by atoms with van der Waals surface area (Å²) in [5.41, 5.74) is 3.81. The maximum absolute atomic E-state index is 12.4. The lowest BCUT2D eigenvalue weighted by Crippen LogP contribution is -2.18. The molecule has 0 bridgehead atoms. The van der Waals surface area contributed by atoms with E-state index in [1.807, 2.05) is 12.1 Å². The number of amides is 1. The Labute approximate surface area is 202 Å². The number of hydrogen-bond acceptors (Lipinski definition) is 5. The van der Waals surface area contributed by atoms with Crippen LogP contribution in [0.25, 0.3) is 0 Å². The molecule has 3 rings (SSSR count). The summed E-state index contributed by atoms with van der Waals surface area (Å²) in [6.45, 7) is 0. The van der Waals surface area contributed by atoms with Gasteiger partial charge in [0, 0.05) is 8.59 Å². The Hall–Kier alpha value is -2.62. The largest absolute Gasteiger partial charge is 0.493 e. The molecule has 0 spiro atoms. The molecule has 0 aromatic heterocycles. The minimum Gasteiger partial charge on any atom is -0.493 e. The van der Waals surface area contributed by atoms with Crippen LogP contribution >= 0.6 is 45.8 Å². The van der Waals surface area contributed by atoms with Gasteiger partial charge in [0.1, 0.15) is 0 Å². The van der Waals surface area contributed by atoms with Gasteiger partial charge in [-0.25, -0.2) is 10.2 Å². The van der Waals surface area contributed by atoms with Crippen molar-refractivity contribution in [1.82, 2.24) is 5.43 Å². The first-order valence-corrected chi connectivity index (χ1v) is 10.7. The first kappa shape index (κ1) is 23.1. The second kappa shape index (κ2) is 10.6. The maximum Gasteiger partial charge on any atom is 0.345 e. The smallest absolute Gasteiger partial charge is 0.345 e. The van der Waals surface area contributed by atoms with E-state index in [1.54, 1.807) is 36.4 Å². The second-order valence-corrected chi connectivity index (χ2v) is 8.11. The van der Waals surface area contributed by atoms with Gasteiger partial charge in [0.25, 0.3) is 5.91 Å². The summed E-state index contributed by atoms with van der Waals surface area (Å²) in [4.78, 5) is 24.6. The van der Waals surface area contributed by atoms with E-state index < -0.39 is 5.97 Å². The highest BCUT2D eigenvalue weighted by molar-refractivity contribution is 14.1. The number of nitrogens with one attached hydrogen (secondary N) is 1. The molecule has 1 amide bonds. The molecule has 3 aromatic carbocycles. The van der Waals surface area contributed by atoms with Crippen LogP contribution in [0.1, 0.15) is 26.3 Å². The van der Waals surface area contributed by atoms with E-state index in [0.29, 0.717) is 21.9 Å². The minimum absolute atomic E-state index is 0.178. The lowest BCUT2D eigenvalue weighted by molar-refractivity contribution is 0.0729. The van der Waals surface area contributed by atoms with Gasteiger partial charge in [0.05, 0.1) is 29.5 Å². The predicted octanol–water partition coefficient (Wildman–Crippen LogP) is 5.59. The molecule has 0 atom stereocenters. The molecular weight excluding hydrogens is 554 g/mol. The Morgan fingerprint density at radius 1 is 1.00 bits per heavy atom. The number of halogens is 3. The van der Waals surface area contributed by atoms with E-state index in [4.69, 9.17) is 32.7 Å². The van der Waals surface area contributed by atoms with E-state index in [2.05, 4.69) is 33.1 Å². The quantitative estimate of drug-likeness (QED) is 0.138. The number of nitrogens with zero attached hydrogens (tertiary/aromatic N) is 1. The summed E-state index contributed by atoms with van der Waals surface area (Å²) in [5.74, 6) is -0.449. The summed E-state index contributed by atoms with van der Waals surface area (Å²) in [6, 6.07) is 16.5. The van der Waals surface area contributed by atoms with Crippen molar-refractivity contribution < 1.29 is 19.1 Å². The number of carbonyl (C=O) groups is 2. The van der Waals surface area contributed by atoms with Crippen molar-refractivity contribution in [2.45, 2.75) is 0 Å². The molecule has 3 aromatic rings. The molecule has 0 heterocycles. The normalized spacial score (nSPS) is 10.7. The van der Waals surface area contributed by atoms with Gasteiger partial charge in [-0.05, 0) is 76.7 Å². The van der Waals surface area contributed by atoms with Crippen LogP contribution in [-0.2, 0) is 0 Å². The number of methoxy groups -OCH3 is 1. The monoisotopic (exact) mass is 568 g/mol.